The number of halogens is 3. The molecule has 1 aliphatic rings. The third kappa shape index (κ3) is 8.10. The number of unbranched alkanes of at least 4 members (excludes halogenated alkanes) is 3. The molecule has 1 aliphatic heterocycles. The fourth-order valence-corrected chi connectivity index (χ4v) is 5.23. The number of aryl methyl sites for hydroxylation is 1. The molecule has 0 saturated carbocycles. The zero-order chi connectivity index (χ0) is 31.7. The van der Waals surface area contributed by atoms with Crippen LogP contribution in [0.2, 0.25) is 0 Å². The first-order valence-corrected chi connectivity index (χ1v) is 14.5. The molecular weight excluding hydrogens is 575 g/mol. The lowest BCUT2D eigenvalue weighted by Crippen LogP contribution is -2.42. The van der Waals surface area contributed by atoms with E-state index in [9.17, 15) is 32.3 Å². The molecule has 44 heavy (non-hydrogen) atoms. The van der Waals surface area contributed by atoms with Crippen molar-refractivity contribution >= 4 is 29.4 Å². The summed E-state index contributed by atoms with van der Waals surface area (Å²) >= 11 is 0. The smallest absolute Gasteiger partial charge is 0.386 e. The largest absolute Gasteiger partial charge is 0.491 e. The third-order valence-electron chi connectivity index (χ3n) is 7.37. The summed E-state index contributed by atoms with van der Waals surface area (Å²) in [5, 5.41) is 0. The summed E-state index contributed by atoms with van der Waals surface area (Å²) in [6.07, 6.45) is -1.63. The van der Waals surface area contributed by atoms with E-state index in [1.807, 2.05) is 66.7 Å². The topological polar surface area (TPSA) is 110 Å². The van der Waals surface area contributed by atoms with Gasteiger partial charge < -0.3 is 15.4 Å². The van der Waals surface area contributed by atoms with Crippen LogP contribution in [-0.2, 0) is 25.5 Å². The molecule has 0 fully saturated rings. The van der Waals surface area contributed by atoms with Crippen LogP contribution in [0.5, 0.6) is 0 Å². The summed E-state index contributed by atoms with van der Waals surface area (Å²) in [5.41, 5.74) is 8.68. The Hall–Kier alpha value is -4.51. The van der Waals surface area contributed by atoms with Gasteiger partial charge in [0.15, 0.2) is 0 Å². The molecule has 8 nitrogen and oxygen atoms in total. The molecule has 0 bridgehead atoms. The van der Waals surface area contributed by atoms with E-state index in [2.05, 4.69) is 4.74 Å². The molecule has 3 aromatic carbocycles. The number of rotatable bonds is 12. The average molecular weight is 610 g/mol. The van der Waals surface area contributed by atoms with Crippen molar-refractivity contribution in [2.45, 2.75) is 50.7 Å². The number of carbonyl (C=O) groups is 4. The first-order chi connectivity index (χ1) is 21.1. The summed E-state index contributed by atoms with van der Waals surface area (Å²) in [4.78, 5) is 53.8. The Labute approximate surface area is 253 Å². The standard InChI is InChI=1S/C33H34F3N3O5/c34-33(35,36)32(43)44-29(41)18-20-38-22-28(40)39(30(24-12-6-3-7-13-24)25-14-8-4-9-15-25)27-17-16-23(21-26(27)31(38)42)11-5-1-2-10-19-37/h3-4,6-9,12-17,21,30H,1-2,5,10-11,18-20,22,37H2. The quantitative estimate of drug-likeness (QED) is 0.169. The number of benzene rings is 3. The lowest BCUT2D eigenvalue weighted by Gasteiger charge is -2.33. The van der Waals surface area contributed by atoms with Gasteiger partial charge in [0.2, 0.25) is 5.91 Å². The molecule has 4 rings (SSSR count). The molecule has 232 valence electrons. The van der Waals surface area contributed by atoms with Crippen LogP contribution in [0.3, 0.4) is 0 Å². The van der Waals surface area contributed by atoms with Gasteiger partial charge in [-0.2, -0.15) is 13.2 Å². The van der Waals surface area contributed by atoms with E-state index in [1.54, 1.807) is 17.0 Å². The van der Waals surface area contributed by atoms with E-state index < -0.39 is 55.5 Å². The molecule has 2 N–H and O–H groups in total. The number of amides is 2. The molecule has 0 unspecified atom stereocenters. The molecule has 11 heteroatoms. The number of esters is 2. The minimum atomic E-state index is -5.34. The van der Waals surface area contributed by atoms with Crippen molar-refractivity contribution in [3.8, 4) is 0 Å². The minimum absolute atomic E-state index is 0.229. The summed E-state index contributed by atoms with van der Waals surface area (Å²) in [6, 6.07) is 23.5. The van der Waals surface area contributed by atoms with E-state index >= 15 is 0 Å². The highest BCUT2D eigenvalue weighted by atomic mass is 19.4. The monoisotopic (exact) mass is 609 g/mol. The summed E-state index contributed by atoms with van der Waals surface area (Å²) in [5.74, 6) is -5.10. The second-order valence-corrected chi connectivity index (χ2v) is 10.5. The van der Waals surface area contributed by atoms with Crippen molar-refractivity contribution < 1.29 is 37.1 Å². The van der Waals surface area contributed by atoms with Gasteiger partial charge in [0.05, 0.1) is 23.7 Å². The summed E-state index contributed by atoms with van der Waals surface area (Å²) < 4.78 is 41.6. The van der Waals surface area contributed by atoms with Crippen LogP contribution in [-0.4, -0.2) is 54.5 Å². The first kappa shape index (κ1) is 32.4. The maximum atomic E-state index is 14.0. The number of nitrogens with two attached hydrogens (primary N) is 1. The average Bonchev–Trinajstić information content (AvgIpc) is 3.11. The summed E-state index contributed by atoms with van der Waals surface area (Å²) in [6.45, 7) is -0.250. The van der Waals surface area contributed by atoms with Gasteiger partial charge in [0.25, 0.3) is 5.91 Å². The number of hydrogen-bond donors (Lipinski definition) is 1. The molecule has 0 spiro atoms. The Kier molecular flexibility index (Phi) is 10.9. The van der Waals surface area contributed by atoms with Gasteiger partial charge in [-0.15, -0.1) is 0 Å². The van der Waals surface area contributed by atoms with Crippen LogP contribution >= 0.6 is 0 Å². The molecule has 0 aliphatic carbocycles. The van der Waals surface area contributed by atoms with Gasteiger partial charge in [-0.1, -0.05) is 79.6 Å². The number of fused-ring (bicyclic) bond motifs is 1. The van der Waals surface area contributed by atoms with Crippen molar-refractivity contribution in [1.82, 2.24) is 4.90 Å². The van der Waals surface area contributed by atoms with Gasteiger partial charge >= 0.3 is 18.1 Å². The fraction of sp³-hybridized carbons (Fsp3) is 0.333. The highest BCUT2D eigenvalue weighted by Gasteiger charge is 2.43. The van der Waals surface area contributed by atoms with E-state index in [1.165, 1.54) is 0 Å². The van der Waals surface area contributed by atoms with Crippen molar-refractivity contribution in [2.75, 3.05) is 24.5 Å². The predicted molar refractivity (Wildman–Crippen MR) is 158 cm³/mol. The fourth-order valence-electron chi connectivity index (χ4n) is 5.23. The molecule has 0 aromatic heterocycles. The number of nitrogens with zero attached hydrogens (tertiary/aromatic N) is 2. The predicted octanol–water partition coefficient (Wildman–Crippen LogP) is 5.35. The van der Waals surface area contributed by atoms with Crippen LogP contribution < -0.4 is 10.6 Å². The van der Waals surface area contributed by atoms with Gasteiger partial charge in [-0.05, 0) is 54.6 Å². The maximum Gasteiger partial charge on any atom is 0.491 e. The van der Waals surface area contributed by atoms with Crippen molar-refractivity contribution in [3.63, 3.8) is 0 Å². The van der Waals surface area contributed by atoms with Crippen molar-refractivity contribution in [2.24, 2.45) is 5.73 Å². The lowest BCUT2D eigenvalue weighted by atomic mass is 9.95. The van der Waals surface area contributed by atoms with Gasteiger partial charge in [0, 0.05) is 6.54 Å². The maximum absolute atomic E-state index is 14.0. The van der Waals surface area contributed by atoms with Crippen LogP contribution in [0.25, 0.3) is 0 Å². The lowest BCUT2D eigenvalue weighted by molar-refractivity contribution is -0.201. The van der Waals surface area contributed by atoms with E-state index in [-0.39, 0.29) is 5.56 Å². The SMILES string of the molecule is NCCCCCCc1ccc2c(c1)C(=O)N(CCC(=O)OC(=O)C(F)(F)F)CC(=O)N2C(c1ccccc1)c1ccccc1. The highest BCUT2D eigenvalue weighted by Crippen LogP contribution is 2.38. The highest BCUT2D eigenvalue weighted by molar-refractivity contribution is 6.10. The zero-order valence-electron chi connectivity index (χ0n) is 24.1. The normalized spacial score (nSPS) is 13.6. The molecule has 0 atom stereocenters. The molecular formula is C33H34F3N3O5. The van der Waals surface area contributed by atoms with Crippen molar-refractivity contribution in [3.05, 3.63) is 101 Å². The molecule has 0 saturated heterocycles. The van der Waals surface area contributed by atoms with Crippen molar-refractivity contribution in [1.29, 1.82) is 0 Å². The van der Waals surface area contributed by atoms with Crippen LogP contribution in [0, 0.1) is 0 Å². The second kappa shape index (κ2) is 14.8. The number of carbonyl (C=O) groups excluding carboxylic acids is 4. The molecule has 3 aromatic rings. The van der Waals surface area contributed by atoms with E-state index in [0.29, 0.717) is 18.7 Å². The number of ether oxygens (including phenoxy) is 1. The zero-order valence-corrected chi connectivity index (χ0v) is 24.1. The third-order valence-corrected chi connectivity index (χ3v) is 7.37. The Morgan fingerprint density at radius 1 is 0.864 bits per heavy atom. The van der Waals surface area contributed by atoms with E-state index in [4.69, 9.17) is 5.73 Å². The van der Waals surface area contributed by atoms with Crippen LogP contribution in [0.15, 0.2) is 78.9 Å². The minimum Gasteiger partial charge on any atom is -0.386 e. The Bertz CT molecular complexity index is 1420. The van der Waals surface area contributed by atoms with Crippen LogP contribution in [0.1, 0.15) is 65.2 Å². The Morgan fingerprint density at radius 2 is 1.48 bits per heavy atom. The molecule has 0 radical (unpaired) electrons. The summed E-state index contributed by atoms with van der Waals surface area (Å²) in [7, 11) is 0. The van der Waals surface area contributed by atoms with Gasteiger partial charge in [-0.25, -0.2) is 4.79 Å². The molecule has 1 heterocycles. The van der Waals surface area contributed by atoms with Crippen LogP contribution in [0.4, 0.5) is 18.9 Å². The number of hydrogen-bond acceptors (Lipinski definition) is 6. The number of anilines is 1. The van der Waals surface area contributed by atoms with Gasteiger partial charge in [0.1, 0.15) is 6.54 Å². The molecule has 2 amide bonds. The van der Waals surface area contributed by atoms with E-state index in [0.717, 1.165) is 47.3 Å². The first-order valence-electron chi connectivity index (χ1n) is 14.5. The Balaban J connectivity index is 1.70. The van der Waals surface area contributed by atoms with Gasteiger partial charge in [-0.3, -0.25) is 19.3 Å². The second-order valence-electron chi connectivity index (χ2n) is 10.5. The number of alkyl halides is 3. The Morgan fingerprint density at radius 3 is 2.07 bits per heavy atom.